The third-order valence-electron chi connectivity index (χ3n) is 1.89. The fourth-order valence-electron chi connectivity index (χ4n) is 1.31. The van der Waals surface area contributed by atoms with Gasteiger partial charge in [0.1, 0.15) is 5.82 Å². The first-order valence-electron chi connectivity index (χ1n) is 4.56. The zero-order valence-electron chi connectivity index (χ0n) is 8.65. The molecule has 1 aromatic rings. The summed E-state index contributed by atoms with van der Waals surface area (Å²) in [6, 6.07) is 3.63. The first-order chi connectivity index (χ1) is 8.02. The molecular weight excluding hydrogens is 247 g/mol. The summed E-state index contributed by atoms with van der Waals surface area (Å²) in [5.41, 5.74) is 0.844. The Morgan fingerprint density at radius 3 is 2.71 bits per heavy atom. The number of rotatable bonds is 0. The number of hydrogen-bond donors (Lipinski definition) is 3. The molecule has 0 saturated heterocycles. The molecule has 0 atom stereocenters. The molecule has 1 aliphatic heterocycles. The van der Waals surface area contributed by atoms with Crippen molar-refractivity contribution in [3.05, 3.63) is 30.0 Å². The highest BCUT2D eigenvalue weighted by Crippen LogP contribution is 2.22. The van der Waals surface area contributed by atoms with Gasteiger partial charge in [0.25, 0.3) is 0 Å². The van der Waals surface area contributed by atoms with Gasteiger partial charge in [-0.3, -0.25) is 9.46 Å². The molecule has 2 heterocycles. The molecule has 7 nitrogen and oxygen atoms in total. The molecule has 0 radical (unpaired) electrons. The van der Waals surface area contributed by atoms with E-state index in [0.717, 1.165) is 5.56 Å². The predicted octanol–water partition coefficient (Wildman–Crippen LogP) is 0.953. The number of carbonyl (C=O) groups is 1. The number of amides is 1. The van der Waals surface area contributed by atoms with E-state index in [4.69, 9.17) is 19.5 Å². The Bertz CT molecular complexity index is 458. The van der Waals surface area contributed by atoms with Crippen molar-refractivity contribution in [3.8, 4) is 0 Å². The van der Waals surface area contributed by atoms with E-state index in [0.29, 0.717) is 12.4 Å². The lowest BCUT2D eigenvalue weighted by atomic mass is 10.2. The summed E-state index contributed by atoms with van der Waals surface area (Å²) < 4.78 is 8.74. The molecule has 1 amide bonds. The molecule has 0 aromatic carbocycles. The fraction of sp³-hybridized carbons (Fsp3) is 0.111. The van der Waals surface area contributed by atoms with Crippen molar-refractivity contribution in [1.29, 1.82) is 0 Å². The van der Waals surface area contributed by atoms with Gasteiger partial charge in [0.2, 0.25) is 0 Å². The summed E-state index contributed by atoms with van der Waals surface area (Å²) in [7, 11) is -3.13. The van der Waals surface area contributed by atoms with Crippen molar-refractivity contribution in [3.63, 3.8) is 0 Å². The van der Waals surface area contributed by atoms with Crippen LogP contribution in [-0.2, 0) is 4.57 Å². The predicted molar refractivity (Wildman–Crippen MR) is 62.1 cm³/mol. The molecule has 17 heavy (non-hydrogen) atoms. The summed E-state index contributed by atoms with van der Waals surface area (Å²) in [6.07, 6.45) is 4.30. The summed E-state index contributed by atoms with van der Waals surface area (Å²) in [6.45, 7) is 0.374. The van der Waals surface area contributed by atoms with Gasteiger partial charge in [-0.05, 0) is 12.1 Å². The molecule has 0 bridgehead atoms. The third kappa shape index (κ3) is 3.99. The lowest BCUT2D eigenvalue weighted by molar-refractivity contribution is 0.202. The Morgan fingerprint density at radius 1 is 1.47 bits per heavy atom. The molecule has 0 unspecified atom stereocenters. The van der Waals surface area contributed by atoms with Crippen LogP contribution in [-0.4, -0.2) is 32.5 Å². The Labute approximate surface area is 97.6 Å². The molecule has 0 spiro atoms. The van der Waals surface area contributed by atoms with Gasteiger partial charge in [-0.1, -0.05) is 12.2 Å². The first-order valence-corrected chi connectivity index (χ1v) is 5.86. The summed E-state index contributed by atoms with van der Waals surface area (Å²) in [5, 5.41) is 8.84. The van der Waals surface area contributed by atoms with E-state index < -0.39 is 14.3 Å². The van der Waals surface area contributed by atoms with Crippen LogP contribution in [0.2, 0.25) is 0 Å². The molecule has 92 valence electrons. The minimum Gasteiger partial charge on any atom is -0.465 e. The highest BCUT2D eigenvalue weighted by Gasteiger charge is 2.19. The summed E-state index contributed by atoms with van der Waals surface area (Å²) in [4.78, 5) is 30.3. The van der Waals surface area contributed by atoms with E-state index >= 15 is 0 Å². The van der Waals surface area contributed by atoms with Crippen LogP contribution in [0.15, 0.2) is 24.4 Å². The van der Waals surface area contributed by atoms with Crippen molar-refractivity contribution in [2.45, 2.75) is 0 Å². The van der Waals surface area contributed by atoms with Gasteiger partial charge in [0.05, 0.1) is 0 Å². The first kappa shape index (κ1) is 13.4. The van der Waals surface area contributed by atoms with Crippen LogP contribution in [0.25, 0.3) is 6.08 Å². The van der Waals surface area contributed by atoms with Gasteiger partial charge in [-0.25, -0.2) is 9.78 Å². The fourth-order valence-corrected chi connectivity index (χ4v) is 1.31. The highest BCUT2D eigenvalue weighted by molar-refractivity contribution is 7.30. The average Bonchev–Trinajstić information content (AvgIpc) is 2.27. The standard InChI is InChI=1S/C9H8N2O2.H3O3P/c12-9(13)11-6-2-4-7-3-1-5-10-8(7)11;1-4(2)3/h1-5H,6H2,(H,12,13);4H,(H2,1,2,3). The summed E-state index contributed by atoms with van der Waals surface area (Å²) in [5.74, 6) is 0.512. The van der Waals surface area contributed by atoms with Crippen LogP contribution >= 0.6 is 8.25 Å². The van der Waals surface area contributed by atoms with E-state index in [9.17, 15) is 4.79 Å². The monoisotopic (exact) mass is 258 g/mol. The molecule has 3 N–H and O–H groups in total. The van der Waals surface area contributed by atoms with E-state index in [-0.39, 0.29) is 0 Å². The van der Waals surface area contributed by atoms with Crippen LogP contribution in [0.1, 0.15) is 5.56 Å². The number of hydrogen-bond acceptors (Lipinski definition) is 3. The number of anilines is 1. The molecule has 1 aromatic heterocycles. The maximum absolute atomic E-state index is 10.8. The van der Waals surface area contributed by atoms with Crippen LogP contribution < -0.4 is 4.90 Å². The largest absolute Gasteiger partial charge is 0.465 e. The Balaban J connectivity index is 0.000000317. The molecular formula is C9H11N2O5P. The Kier molecular flexibility index (Phi) is 4.84. The van der Waals surface area contributed by atoms with Crippen LogP contribution in [0, 0.1) is 0 Å². The lowest BCUT2D eigenvalue weighted by Crippen LogP contribution is -2.32. The van der Waals surface area contributed by atoms with E-state index in [1.807, 2.05) is 12.1 Å². The maximum atomic E-state index is 10.8. The third-order valence-corrected chi connectivity index (χ3v) is 1.89. The van der Waals surface area contributed by atoms with Gasteiger partial charge < -0.3 is 14.9 Å². The summed E-state index contributed by atoms with van der Waals surface area (Å²) >= 11 is 0. The molecule has 0 saturated carbocycles. The van der Waals surface area contributed by atoms with Crippen LogP contribution in [0.3, 0.4) is 0 Å². The number of pyridine rings is 1. The molecule has 8 heteroatoms. The van der Waals surface area contributed by atoms with Gasteiger partial charge in [-0.2, -0.15) is 0 Å². The van der Waals surface area contributed by atoms with E-state index in [2.05, 4.69) is 4.98 Å². The maximum Gasteiger partial charge on any atom is 0.413 e. The number of carboxylic acid groups (broad SMARTS) is 1. The van der Waals surface area contributed by atoms with Crippen molar-refractivity contribution in [2.24, 2.45) is 0 Å². The van der Waals surface area contributed by atoms with Gasteiger partial charge >= 0.3 is 14.3 Å². The minimum absolute atomic E-state index is 0.374. The van der Waals surface area contributed by atoms with E-state index in [1.165, 1.54) is 4.90 Å². The molecule has 0 fully saturated rings. The van der Waals surface area contributed by atoms with Crippen LogP contribution in [0.4, 0.5) is 10.6 Å². The highest BCUT2D eigenvalue weighted by atomic mass is 31.1. The van der Waals surface area contributed by atoms with Gasteiger partial charge in [-0.15, -0.1) is 0 Å². The van der Waals surface area contributed by atoms with Crippen molar-refractivity contribution >= 4 is 26.2 Å². The number of nitrogens with zero attached hydrogens (tertiary/aromatic N) is 2. The van der Waals surface area contributed by atoms with E-state index in [1.54, 1.807) is 18.3 Å². The smallest absolute Gasteiger partial charge is 0.413 e. The number of fused-ring (bicyclic) bond motifs is 1. The second kappa shape index (κ2) is 6.15. The minimum atomic E-state index is -3.13. The molecule has 2 rings (SSSR count). The van der Waals surface area contributed by atoms with Gasteiger partial charge in [0.15, 0.2) is 0 Å². The Morgan fingerprint density at radius 2 is 2.12 bits per heavy atom. The average molecular weight is 258 g/mol. The van der Waals surface area contributed by atoms with Crippen molar-refractivity contribution in [1.82, 2.24) is 4.98 Å². The topological polar surface area (TPSA) is 111 Å². The second-order valence-electron chi connectivity index (χ2n) is 2.99. The normalized spacial score (nSPS) is 12.8. The van der Waals surface area contributed by atoms with Crippen molar-refractivity contribution in [2.75, 3.05) is 11.4 Å². The van der Waals surface area contributed by atoms with Crippen LogP contribution in [0.5, 0.6) is 0 Å². The number of aromatic nitrogens is 1. The second-order valence-corrected chi connectivity index (χ2v) is 3.56. The molecule has 1 aliphatic rings. The zero-order chi connectivity index (χ0) is 12.8. The van der Waals surface area contributed by atoms with Gasteiger partial charge in [0, 0.05) is 18.3 Å². The SMILES string of the molecule is O=C(O)N1CC=Cc2cccnc21.O=[PH](O)O. The Hall–Kier alpha value is -1.69. The zero-order valence-corrected chi connectivity index (χ0v) is 9.65. The van der Waals surface area contributed by atoms with Crippen molar-refractivity contribution < 1.29 is 24.3 Å². The molecule has 0 aliphatic carbocycles. The lowest BCUT2D eigenvalue weighted by Gasteiger charge is -2.21. The quantitative estimate of drug-likeness (QED) is 0.597.